The fourth-order valence-corrected chi connectivity index (χ4v) is 1.99. The molecule has 0 saturated heterocycles. The minimum Gasteiger partial charge on any atom is -0.375 e. The molecule has 1 saturated carbocycles. The second kappa shape index (κ2) is 8.95. The highest BCUT2D eigenvalue weighted by Crippen LogP contribution is 2.27. The molecule has 1 amide bonds. The van der Waals surface area contributed by atoms with Crippen molar-refractivity contribution in [2.75, 3.05) is 26.7 Å². The van der Waals surface area contributed by atoms with Crippen LogP contribution in [-0.4, -0.2) is 32.7 Å². The van der Waals surface area contributed by atoms with E-state index in [1.54, 1.807) is 7.11 Å². The van der Waals surface area contributed by atoms with E-state index in [-0.39, 0.29) is 24.4 Å². The summed E-state index contributed by atoms with van der Waals surface area (Å²) in [6, 6.07) is 9.93. The van der Waals surface area contributed by atoms with Gasteiger partial charge >= 0.3 is 0 Å². The number of nitrogens with one attached hydrogen (secondary N) is 2. The molecule has 0 aliphatic heterocycles. The summed E-state index contributed by atoms with van der Waals surface area (Å²) in [6.45, 7) is 1.85. The summed E-state index contributed by atoms with van der Waals surface area (Å²) in [7, 11) is 1.66. The van der Waals surface area contributed by atoms with Gasteiger partial charge < -0.3 is 15.4 Å². The molecule has 0 spiro atoms. The Kier molecular flexibility index (Phi) is 7.59. The predicted molar refractivity (Wildman–Crippen MR) is 82.0 cm³/mol. The second-order valence-corrected chi connectivity index (χ2v) is 5.01. The maximum Gasteiger partial charge on any atom is 0.234 e. The molecule has 1 aliphatic carbocycles. The average Bonchev–Trinajstić information content (AvgIpc) is 3.25. The lowest BCUT2D eigenvalue weighted by molar-refractivity contribution is -0.120. The van der Waals surface area contributed by atoms with Crippen molar-refractivity contribution >= 4 is 18.3 Å². The second-order valence-electron chi connectivity index (χ2n) is 5.01. The van der Waals surface area contributed by atoms with Crippen molar-refractivity contribution in [2.45, 2.75) is 18.9 Å². The quantitative estimate of drug-likeness (QED) is 0.771. The van der Waals surface area contributed by atoms with Crippen LogP contribution in [0.15, 0.2) is 30.3 Å². The van der Waals surface area contributed by atoms with Crippen molar-refractivity contribution in [2.24, 2.45) is 5.92 Å². The molecule has 20 heavy (non-hydrogen) atoms. The fraction of sp³-hybridized carbons (Fsp3) is 0.533. The van der Waals surface area contributed by atoms with Crippen molar-refractivity contribution in [1.29, 1.82) is 0 Å². The van der Waals surface area contributed by atoms with Gasteiger partial charge in [0.05, 0.1) is 12.6 Å². The highest BCUT2D eigenvalue weighted by molar-refractivity contribution is 5.85. The number of methoxy groups -OCH3 is 1. The molecule has 0 radical (unpaired) electrons. The van der Waals surface area contributed by atoms with Crippen molar-refractivity contribution < 1.29 is 9.53 Å². The monoisotopic (exact) mass is 298 g/mol. The van der Waals surface area contributed by atoms with Crippen LogP contribution in [0.25, 0.3) is 0 Å². The molecule has 1 fully saturated rings. The largest absolute Gasteiger partial charge is 0.375 e. The van der Waals surface area contributed by atoms with Crippen LogP contribution in [0.3, 0.4) is 0 Å². The minimum absolute atomic E-state index is 0. The van der Waals surface area contributed by atoms with E-state index in [9.17, 15) is 4.79 Å². The van der Waals surface area contributed by atoms with E-state index in [1.807, 2.05) is 30.3 Å². The lowest BCUT2D eigenvalue weighted by Gasteiger charge is -2.16. The normalized spacial score (nSPS) is 15.2. The zero-order chi connectivity index (χ0) is 13.5. The van der Waals surface area contributed by atoms with Crippen molar-refractivity contribution in [3.8, 4) is 0 Å². The molecule has 2 N–H and O–H groups in total. The molecular formula is C15H23ClN2O2. The van der Waals surface area contributed by atoms with Crippen LogP contribution >= 0.6 is 12.4 Å². The smallest absolute Gasteiger partial charge is 0.234 e. The van der Waals surface area contributed by atoms with E-state index in [1.165, 1.54) is 12.8 Å². The third kappa shape index (κ3) is 5.90. The lowest BCUT2D eigenvalue weighted by atomic mass is 10.1. The highest BCUT2D eigenvalue weighted by Gasteiger charge is 2.20. The first-order valence-electron chi connectivity index (χ1n) is 6.84. The van der Waals surface area contributed by atoms with E-state index >= 15 is 0 Å². The number of hydrogen-bond donors (Lipinski definition) is 2. The van der Waals surface area contributed by atoms with Gasteiger partial charge in [0.1, 0.15) is 0 Å². The fourth-order valence-electron chi connectivity index (χ4n) is 1.99. The first-order valence-corrected chi connectivity index (χ1v) is 6.84. The van der Waals surface area contributed by atoms with E-state index in [2.05, 4.69) is 10.6 Å². The molecule has 1 aromatic carbocycles. The number of carbonyl (C=O) groups excluding carboxylic acids is 1. The summed E-state index contributed by atoms with van der Waals surface area (Å²) in [6.07, 6.45) is 2.51. The average molecular weight is 299 g/mol. The Labute approximate surface area is 126 Å². The molecule has 2 rings (SSSR count). The van der Waals surface area contributed by atoms with Gasteiger partial charge in [-0.2, -0.15) is 0 Å². The Hall–Kier alpha value is -1.10. The molecule has 4 nitrogen and oxygen atoms in total. The molecule has 1 aliphatic rings. The summed E-state index contributed by atoms with van der Waals surface area (Å²) in [5.74, 6) is 0.822. The molecule has 5 heteroatoms. The van der Waals surface area contributed by atoms with Crippen LogP contribution in [0.1, 0.15) is 24.5 Å². The Morgan fingerprint density at radius 3 is 2.65 bits per heavy atom. The molecule has 0 bridgehead atoms. The molecular weight excluding hydrogens is 276 g/mol. The van der Waals surface area contributed by atoms with E-state index in [4.69, 9.17) is 4.74 Å². The Bertz CT molecular complexity index is 396. The van der Waals surface area contributed by atoms with Gasteiger partial charge in [0, 0.05) is 13.7 Å². The van der Waals surface area contributed by atoms with Crippen LogP contribution in [0.4, 0.5) is 0 Å². The first-order chi connectivity index (χ1) is 9.29. The predicted octanol–water partition coefficient (Wildman–Crippen LogP) is 1.91. The summed E-state index contributed by atoms with van der Waals surface area (Å²) >= 11 is 0. The van der Waals surface area contributed by atoms with Crippen LogP contribution in [-0.2, 0) is 9.53 Å². The van der Waals surface area contributed by atoms with Gasteiger partial charge in [-0.3, -0.25) is 4.79 Å². The van der Waals surface area contributed by atoms with Crippen molar-refractivity contribution in [3.05, 3.63) is 35.9 Å². The standard InChI is InChI=1S/C15H22N2O2.ClH/c1-19-14(13-5-3-2-4-6-13)10-17-15(18)11-16-9-12-7-8-12;/h2-6,12,14,16H,7-11H2,1H3,(H,17,18);1H. The number of rotatable bonds is 8. The summed E-state index contributed by atoms with van der Waals surface area (Å²) in [5, 5.41) is 6.08. The topological polar surface area (TPSA) is 50.4 Å². The number of hydrogen-bond acceptors (Lipinski definition) is 3. The third-order valence-corrected chi connectivity index (χ3v) is 3.36. The zero-order valence-electron chi connectivity index (χ0n) is 11.8. The SMILES string of the molecule is COC(CNC(=O)CNCC1CC1)c1ccccc1.Cl. The zero-order valence-corrected chi connectivity index (χ0v) is 12.6. The van der Waals surface area contributed by atoms with Gasteiger partial charge in [-0.15, -0.1) is 12.4 Å². The van der Waals surface area contributed by atoms with Gasteiger partial charge in [0.25, 0.3) is 0 Å². The summed E-state index contributed by atoms with van der Waals surface area (Å²) in [4.78, 5) is 11.7. The summed E-state index contributed by atoms with van der Waals surface area (Å²) in [5.41, 5.74) is 1.08. The van der Waals surface area contributed by atoms with E-state index in [0.717, 1.165) is 18.0 Å². The third-order valence-electron chi connectivity index (χ3n) is 3.36. The maximum absolute atomic E-state index is 11.7. The first kappa shape index (κ1) is 17.0. The van der Waals surface area contributed by atoms with Crippen LogP contribution in [0.5, 0.6) is 0 Å². The van der Waals surface area contributed by atoms with Gasteiger partial charge in [0.2, 0.25) is 5.91 Å². The Morgan fingerprint density at radius 1 is 1.35 bits per heavy atom. The summed E-state index contributed by atoms with van der Waals surface area (Å²) < 4.78 is 5.40. The van der Waals surface area contributed by atoms with Crippen LogP contribution < -0.4 is 10.6 Å². The highest BCUT2D eigenvalue weighted by atomic mass is 35.5. The maximum atomic E-state index is 11.7. The molecule has 112 valence electrons. The van der Waals surface area contributed by atoms with Crippen molar-refractivity contribution in [3.63, 3.8) is 0 Å². The number of halogens is 1. The Morgan fingerprint density at radius 2 is 2.05 bits per heavy atom. The molecule has 1 unspecified atom stereocenters. The molecule has 0 heterocycles. The number of ether oxygens (including phenoxy) is 1. The Balaban J connectivity index is 0.00000200. The van der Waals surface area contributed by atoms with Crippen molar-refractivity contribution in [1.82, 2.24) is 10.6 Å². The van der Waals surface area contributed by atoms with Gasteiger partial charge in [0.15, 0.2) is 0 Å². The molecule has 1 aromatic rings. The van der Waals surface area contributed by atoms with Gasteiger partial charge in [-0.1, -0.05) is 30.3 Å². The van der Waals surface area contributed by atoms with Crippen LogP contribution in [0.2, 0.25) is 0 Å². The number of amides is 1. The number of carbonyl (C=O) groups is 1. The lowest BCUT2D eigenvalue weighted by Crippen LogP contribution is -2.37. The van der Waals surface area contributed by atoms with Gasteiger partial charge in [-0.05, 0) is 30.9 Å². The molecule has 0 aromatic heterocycles. The minimum atomic E-state index is -0.0893. The van der Waals surface area contributed by atoms with E-state index < -0.39 is 0 Å². The number of benzene rings is 1. The van der Waals surface area contributed by atoms with E-state index in [0.29, 0.717) is 13.1 Å². The van der Waals surface area contributed by atoms with Crippen LogP contribution in [0, 0.1) is 5.92 Å². The van der Waals surface area contributed by atoms with Gasteiger partial charge in [-0.25, -0.2) is 0 Å². The molecule has 1 atom stereocenters.